The van der Waals surface area contributed by atoms with Crippen molar-refractivity contribution in [3.8, 4) is 11.1 Å². The lowest BCUT2D eigenvalue weighted by Crippen LogP contribution is -2.25. The Hall–Kier alpha value is -3.81. The van der Waals surface area contributed by atoms with Crippen molar-refractivity contribution in [3.05, 3.63) is 66.1 Å². The minimum atomic E-state index is 0.113. The molecular formula is C25H27N7O. The van der Waals surface area contributed by atoms with Crippen molar-refractivity contribution in [2.45, 2.75) is 32.7 Å². The second-order valence-corrected chi connectivity index (χ2v) is 8.53. The largest absolute Gasteiger partial charge is 0.363 e. The van der Waals surface area contributed by atoms with Gasteiger partial charge >= 0.3 is 0 Å². The number of aromatic nitrogens is 5. The van der Waals surface area contributed by atoms with Crippen LogP contribution in [0.2, 0.25) is 0 Å². The van der Waals surface area contributed by atoms with Gasteiger partial charge in [0.05, 0.1) is 23.3 Å². The fourth-order valence-corrected chi connectivity index (χ4v) is 4.51. The van der Waals surface area contributed by atoms with Gasteiger partial charge in [-0.15, -0.1) is 0 Å². The first-order valence-corrected chi connectivity index (χ1v) is 11.2. The number of amides is 1. The summed E-state index contributed by atoms with van der Waals surface area (Å²) in [6, 6.07) is 12.1. The van der Waals surface area contributed by atoms with E-state index in [-0.39, 0.29) is 11.8 Å². The van der Waals surface area contributed by atoms with Gasteiger partial charge in [0.1, 0.15) is 17.5 Å². The van der Waals surface area contributed by atoms with E-state index in [2.05, 4.69) is 25.9 Å². The molecule has 33 heavy (non-hydrogen) atoms. The SMILES string of the molecule is CC(=O)N1CC[C@@H](c2nc(C)ncc2-c2ccnc(NCc3nc4ccccc4n3C)c2)C1. The smallest absolute Gasteiger partial charge is 0.219 e. The molecule has 1 aliphatic rings. The van der Waals surface area contributed by atoms with E-state index in [1.807, 2.05) is 55.4 Å². The van der Waals surface area contributed by atoms with E-state index >= 15 is 0 Å². The lowest BCUT2D eigenvalue weighted by Gasteiger charge is -2.17. The minimum absolute atomic E-state index is 0.113. The molecule has 8 nitrogen and oxygen atoms in total. The Kier molecular flexibility index (Phi) is 5.50. The van der Waals surface area contributed by atoms with Gasteiger partial charge in [0, 0.05) is 50.9 Å². The minimum Gasteiger partial charge on any atom is -0.363 e. The molecule has 1 fully saturated rings. The molecule has 0 spiro atoms. The van der Waals surface area contributed by atoms with Crippen molar-refractivity contribution in [2.24, 2.45) is 7.05 Å². The van der Waals surface area contributed by atoms with E-state index < -0.39 is 0 Å². The van der Waals surface area contributed by atoms with Crippen LogP contribution in [-0.2, 0) is 18.4 Å². The van der Waals surface area contributed by atoms with Crippen LogP contribution in [0.3, 0.4) is 0 Å². The van der Waals surface area contributed by atoms with Crippen LogP contribution in [0, 0.1) is 6.92 Å². The van der Waals surface area contributed by atoms with E-state index in [0.29, 0.717) is 13.1 Å². The number of pyridine rings is 1. The third-order valence-electron chi connectivity index (χ3n) is 6.34. The summed E-state index contributed by atoms with van der Waals surface area (Å²) in [6.45, 7) is 5.56. The number of likely N-dealkylation sites (tertiary alicyclic amines) is 1. The molecule has 1 atom stereocenters. The predicted octanol–water partition coefficient (Wildman–Crippen LogP) is 3.68. The predicted molar refractivity (Wildman–Crippen MR) is 128 cm³/mol. The maximum atomic E-state index is 11.8. The summed E-state index contributed by atoms with van der Waals surface area (Å²) in [5.74, 6) is 2.77. The number of hydrogen-bond donors (Lipinski definition) is 1. The molecule has 0 bridgehead atoms. The Bertz CT molecular complexity index is 1330. The average molecular weight is 442 g/mol. The summed E-state index contributed by atoms with van der Waals surface area (Å²) in [4.78, 5) is 32.2. The highest BCUT2D eigenvalue weighted by molar-refractivity contribution is 5.76. The van der Waals surface area contributed by atoms with E-state index in [1.54, 1.807) is 13.1 Å². The third-order valence-corrected chi connectivity index (χ3v) is 6.34. The first-order chi connectivity index (χ1) is 16.0. The number of imidazole rings is 1. The molecule has 1 aromatic carbocycles. The Labute approximate surface area is 192 Å². The highest BCUT2D eigenvalue weighted by Crippen LogP contribution is 2.33. The second kappa shape index (κ2) is 8.61. The Morgan fingerprint density at radius 2 is 2.03 bits per heavy atom. The molecular weight excluding hydrogens is 414 g/mol. The van der Waals surface area contributed by atoms with Crippen LogP contribution in [-0.4, -0.2) is 48.4 Å². The van der Waals surface area contributed by atoms with Crippen molar-refractivity contribution in [2.75, 3.05) is 18.4 Å². The van der Waals surface area contributed by atoms with E-state index in [4.69, 9.17) is 9.97 Å². The molecule has 0 saturated carbocycles. The zero-order valence-electron chi connectivity index (χ0n) is 19.1. The normalized spacial score (nSPS) is 15.8. The van der Waals surface area contributed by atoms with Crippen LogP contribution in [0.1, 0.15) is 36.6 Å². The molecule has 0 aliphatic carbocycles. The average Bonchev–Trinajstić information content (AvgIpc) is 3.44. The molecule has 1 aliphatic heterocycles. The van der Waals surface area contributed by atoms with Crippen LogP contribution in [0.15, 0.2) is 48.8 Å². The van der Waals surface area contributed by atoms with Crippen LogP contribution in [0.4, 0.5) is 5.82 Å². The molecule has 0 unspecified atom stereocenters. The molecule has 0 radical (unpaired) electrons. The Balaban J connectivity index is 1.40. The van der Waals surface area contributed by atoms with Gasteiger partial charge in [0.15, 0.2) is 0 Å². The fourth-order valence-electron chi connectivity index (χ4n) is 4.51. The van der Waals surface area contributed by atoms with E-state index in [0.717, 1.165) is 58.3 Å². The van der Waals surface area contributed by atoms with Crippen molar-refractivity contribution >= 4 is 22.8 Å². The highest BCUT2D eigenvalue weighted by atomic mass is 16.2. The lowest BCUT2D eigenvalue weighted by atomic mass is 9.96. The molecule has 4 heterocycles. The summed E-state index contributed by atoms with van der Waals surface area (Å²) in [5.41, 5.74) is 5.08. The fraction of sp³-hybridized carbons (Fsp3) is 0.320. The van der Waals surface area contributed by atoms with Crippen LogP contribution < -0.4 is 5.32 Å². The maximum Gasteiger partial charge on any atom is 0.219 e. The topological polar surface area (TPSA) is 88.8 Å². The first-order valence-electron chi connectivity index (χ1n) is 11.2. The number of nitrogens with one attached hydrogen (secondary N) is 1. The van der Waals surface area contributed by atoms with E-state index in [1.165, 1.54) is 0 Å². The standard InChI is InChI=1S/C25H27N7O/c1-16-27-13-20(25(29-16)19-9-11-32(15-19)17(2)33)18-8-10-26-23(12-18)28-14-24-30-21-6-4-5-7-22(21)31(24)3/h4-8,10,12-13,19H,9,11,14-15H2,1-3H3,(H,26,28)/t19-/m1/s1. The number of carbonyl (C=O) groups excluding carboxylic acids is 1. The van der Waals surface area contributed by atoms with Gasteiger partial charge in [-0.1, -0.05) is 12.1 Å². The van der Waals surface area contributed by atoms with E-state index in [9.17, 15) is 4.79 Å². The van der Waals surface area contributed by atoms with Gasteiger partial charge in [0.2, 0.25) is 5.91 Å². The van der Waals surface area contributed by atoms with Crippen LogP contribution in [0.25, 0.3) is 22.2 Å². The number of nitrogens with zero attached hydrogens (tertiary/aromatic N) is 6. The lowest BCUT2D eigenvalue weighted by molar-refractivity contribution is -0.127. The Morgan fingerprint density at radius 1 is 1.18 bits per heavy atom. The summed E-state index contributed by atoms with van der Waals surface area (Å²) in [6.07, 6.45) is 4.59. The number of hydrogen-bond acceptors (Lipinski definition) is 6. The molecule has 1 N–H and O–H groups in total. The zero-order chi connectivity index (χ0) is 22.9. The summed E-state index contributed by atoms with van der Waals surface area (Å²) in [5, 5.41) is 3.41. The highest BCUT2D eigenvalue weighted by Gasteiger charge is 2.29. The molecule has 4 aromatic rings. The molecule has 8 heteroatoms. The molecule has 3 aromatic heterocycles. The quantitative estimate of drug-likeness (QED) is 0.508. The Morgan fingerprint density at radius 3 is 2.82 bits per heavy atom. The van der Waals surface area contributed by atoms with Crippen LogP contribution in [0.5, 0.6) is 0 Å². The number of anilines is 1. The molecule has 168 valence electrons. The van der Waals surface area contributed by atoms with Gasteiger partial charge in [0.25, 0.3) is 0 Å². The van der Waals surface area contributed by atoms with Gasteiger partial charge < -0.3 is 14.8 Å². The second-order valence-electron chi connectivity index (χ2n) is 8.53. The molecule has 1 amide bonds. The molecule has 1 saturated heterocycles. The number of benzene rings is 1. The third kappa shape index (κ3) is 4.16. The summed E-state index contributed by atoms with van der Waals surface area (Å²) in [7, 11) is 2.03. The van der Waals surface area contributed by atoms with Gasteiger partial charge in [-0.05, 0) is 43.2 Å². The number of fused-ring (bicyclic) bond motifs is 1. The van der Waals surface area contributed by atoms with Gasteiger partial charge in [-0.25, -0.2) is 19.9 Å². The number of rotatable bonds is 5. The molecule has 5 rings (SSSR count). The van der Waals surface area contributed by atoms with Crippen molar-refractivity contribution < 1.29 is 4.79 Å². The summed E-state index contributed by atoms with van der Waals surface area (Å²) >= 11 is 0. The number of para-hydroxylation sites is 2. The summed E-state index contributed by atoms with van der Waals surface area (Å²) < 4.78 is 2.10. The van der Waals surface area contributed by atoms with Gasteiger partial charge in [-0.2, -0.15) is 0 Å². The van der Waals surface area contributed by atoms with Gasteiger partial charge in [-0.3, -0.25) is 4.79 Å². The first kappa shape index (κ1) is 21.1. The number of carbonyl (C=O) groups is 1. The van der Waals surface area contributed by atoms with Crippen molar-refractivity contribution in [3.63, 3.8) is 0 Å². The number of aryl methyl sites for hydroxylation is 2. The zero-order valence-corrected chi connectivity index (χ0v) is 19.1. The maximum absolute atomic E-state index is 11.8. The monoisotopic (exact) mass is 441 g/mol. The van der Waals surface area contributed by atoms with Crippen molar-refractivity contribution in [1.29, 1.82) is 0 Å². The van der Waals surface area contributed by atoms with Crippen molar-refractivity contribution in [1.82, 2.24) is 29.4 Å². The van der Waals surface area contributed by atoms with Crippen LogP contribution >= 0.6 is 0 Å².